The summed E-state index contributed by atoms with van der Waals surface area (Å²) >= 11 is 5.75. The first-order chi connectivity index (χ1) is 16.8. The Kier molecular flexibility index (Phi) is 6.00. The molecule has 2 aromatic heterocycles. The summed E-state index contributed by atoms with van der Waals surface area (Å²) in [6, 6.07) is 22.4. The van der Waals surface area contributed by atoms with Gasteiger partial charge in [-0.3, -0.25) is 9.71 Å². The third-order valence-corrected chi connectivity index (χ3v) is 6.66. The largest absolute Gasteiger partial charge is 0.351 e. The van der Waals surface area contributed by atoms with Crippen LogP contribution in [-0.2, 0) is 10.0 Å². The number of hydrogen-bond donors (Lipinski definition) is 2. The summed E-state index contributed by atoms with van der Waals surface area (Å²) in [5, 5.41) is 3.86. The number of hydrogen-bond acceptors (Lipinski definition) is 4. The molecule has 1 fully saturated rings. The van der Waals surface area contributed by atoms with Crippen LogP contribution in [0.25, 0.3) is 5.69 Å². The molecule has 0 saturated carbocycles. The Balaban J connectivity index is 1.62. The Hall–Kier alpha value is -3.76. The van der Waals surface area contributed by atoms with Crippen molar-refractivity contribution < 1.29 is 12.8 Å². The number of nitrogens with zero attached hydrogens (tertiary/aromatic N) is 3. The highest BCUT2D eigenvalue weighted by Gasteiger charge is 2.42. The monoisotopic (exact) mass is 507 g/mol. The Bertz CT molecular complexity index is 1470. The lowest BCUT2D eigenvalue weighted by Crippen LogP contribution is -2.30. The minimum atomic E-state index is -3.40. The van der Waals surface area contributed by atoms with E-state index in [9.17, 15) is 12.8 Å². The highest BCUT2D eigenvalue weighted by Crippen LogP contribution is 2.42. The van der Waals surface area contributed by atoms with Gasteiger partial charge in [-0.2, -0.15) is 0 Å². The maximum atomic E-state index is 14.8. The predicted molar refractivity (Wildman–Crippen MR) is 139 cm³/mol. The van der Waals surface area contributed by atoms with Gasteiger partial charge >= 0.3 is 0 Å². The summed E-state index contributed by atoms with van der Waals surface area (Å²) in [5.74, 6) is -0.337. The average Bonchev–Trinajstić information content (AvgIpc) is 3.44. The number of sulfonamides is 1. The van der Waals surface area contributed by atoms with Crippen molar-refractivity contribution in [3.8, 4) is 5.69 Å². The summed E-state index contributed by atoms with van der Waals surface area (Å²) in [6.45, 7) is 0. The SMILES string of the molecule is CS(=O)(=O)Nc1ccc(N2C(=S)N[C@@H](c3ccccn3)[C@@H]2c2cccn2-c2ccccc2F)cc1. The van der Waals surface area contributed by atoms with E-state index < -0.39 is 10.0 Å². The minimum absolute atomic E-state index is 0.307. The fourth-order valence-corrected chi connectivity index (χ4v) is 5.25. The van der Waals surface area contributed by atoms with Gasteiger partial charge in [0.2, 0.25) is 10.0 Å². The number of para-hydroxylation sites is 1. The van der Waals surface area contributed by atoms with Crippen molar-refractivity contribution in [1.29, 1.82) is 0 Å². The lowest BCUT2D eigenvalue weighted by Gasteiger charge is -2.29. The third-order valence-electron chi connectivity index (χ3n) is 5.74. The lowest BCUT2D eigenvalue weighted by atomic mass is 10.0. The molecule has 2 N–H and O–H groups in total. The van der Waals surface area contributed by atoms with Crippen LogP contribution in [0.2, 0.25) is 0 Å². The van der Waals surface area contributed by atoms with Gasteiger partial charge in [-0.1, -0.05) is 18.2 Å². The molecule has 0 unspecified atom stereocenters. The fourth-order valence-electron chi connectivity index (χ4n) is 4.34. The van der Waals surface area contributed by atoms with Gasteiger partial charge in [0.15, 0.2) is 5.11 Å². The number of aromatic nitrogens is 2. The number of anilines is 2. The molecule has 10 heteroatoms. The highest BCUT2D eigenvalue weighted by molar-refractivity contribution is 7.92. The number of rotatable bonds is 6. The molecule has 0 bridgehead atoms. The molecule has 7 nitrogen and oxygen atoms in total. The van der Waals surface area contributed by atoms with Gasteiger partial charge in [0.1, 0.15) is 11.9 Å². The van der Waals surface area contributed by atoms with Gasteiger partial charge < -0.3 is 14.8 Å². The Morgan fingerprint density at radius 1 is 1.00 bits per heavy atom. The van der Waals surface area contributed by atoms with E-state index in [2.05, 4.69) is 15.0 Å². The van der Waals surface area contributed by atoms with E-state index in [1.54, 1.807) is 48.7 Å². The van der Waals surface area contributed by atoms with Crippen LogP contribution >= 0.6 is 12.2 Å². The molecule has 35 heavy (non-hydrogen) atoms. The number of benzene rings is 2. The second-order valence-corrected chi connectivity index (χ2v) is 10.3. The molecule has 178 valence electrons. The van der Waals surface area contributed by atoms with Crippen molar-refractivity contribution in [2.24, 2.45) is 0 Å². The molecule has 0 amide bonds. The molecule has 0 aliphatic carbocycles. The molecule has 0 spiro atoms. The normalized spacial score (nSPS) is 17.9. The second-order valence-electron chi connectivity index (χ2n) is 8.17. The molecule has 1 aliphatic heterocycles. The topological polar surface area (TPSA) is 79.3 Å². The first-order valence-corrected chi connectivity index (χ1v) is 13.1. The molecule has 2 atom stereocenters. The molecule has 1 saturated heterocycles. The van der Waals surface area contributed by atoms with E-state index in [0.717, 1.165) is 23.3 Å². The van der Waals surface area contributed by atoms with E-state index >= 15 is 0 Å². The van der Waals surface area contributed by atoms with Crippen LogP contribution < -0.4 is 14.9 Å². The van der Waals surface area contributed by atoms with E-state index in [1.165, 1.54) is 6.07 Å². The summed E-state index contributed by atoms with van der Waals surface area (Å²) < 4.78 is 42.3. The Labute approximate surface area is 208 Å². The smallest absolute Gasteiger partial charge is 0.229 e. The molecule has 4 aromatic rings. The van der Waals surface area contributed by atoms with Gasteiger partial charge in [0, 0.05) is 29.5 Å². The van der Waals surface area contributed by atoms with Crippen LogP contribution in [0.1, 0.15) is 23.5 Å². The molecule has 3 heterocycles. The minimum Gasteiger partial charge on any atom is -0.351 e. The van der Waals surface area contributed by atoms with Crippen LogP contribution in [0.15, 0.2) is 91.3 Å². The number of pyridine rings is 1. The van der Waals surface area contributed by atoms with Crippen LogP contribution in [0.3, 0.4) is 0 Å². The van der Waals surface area contributed by atoms with Crippen LogP contribution in [0, 0.1) is 5.82 Å². The molecule has 5 rings (SSSR count). The zero-order valence-corrected chi connectivity index (χ0v) is 20.3. The van der Waals surface area contributed by atoms with Crippen molar-refractivity contribution in [3.05, 3.63) is 108 Å². The van der Waals surface area contributed by atoms with Gasteiger partial charge in [0.25, 0.3) is 0 Å². The molecule has 0 radical (unpaired) electrons. The summed E-state index contributed by atoms with van der Waals surface area (Å²) in [6.07, 6.45) is 4.65. The second kappa shape index (κ2) is 9.12. The van der Waals surface area contributed by atoms with E-state index in [0.29, 0.717) is 16.5 Å². The zero-order chi connectivity index (χ0) is 24.6. The van der Waals surface area contributed by atoms with Gasteiger partial charge in [-0.25, -0.2) is 12.8 Å². The van der Waals surface area contributed by atoms with Crippen LogP contribution in [0.4, 0.5) is 15.8 Å². The van der Waals surface area contributed by atoms with Crippen LogP contribution in [0.5, 0.6) is 0 Å². The van der Waals surface area contributed by atoms with Crippen molar-refractivity contribution in [2.75, 3.05) is 15.9 Å². The molecule has 1 aliphatic rings. The quantitative estimate of drug-likeness (QED) is 0.373. The number of halogens is 1. The van der Waals surface area contributed by atoms with Gasteiger partial charge in [-0.05, 0) is 72.9 Å². The first kappa shape index (κ1) is 23.0. The summed E-state index contributed by atoms with van der Waals surface area (Å²) in [5.41, 5.74) is 3.24. The number of nitrogens with one attached hydrogen (secondary N) is 2. The van der Waals surface area contributed by atoms with Gasteiger partial charge in [0.05, 0.1) is 23.7 Å². The Morgan fingerprint density at radius 3 is 2.43 bits per heavy atom. The lowest BCUT2D eigenvalue weighted by molar-refractivity contribution is 0.544. The van der Waals surface area contributed by atoms with Crippen molar-refractivity contribution in [2.45, 2.75) is 12.1 Å². The molecular weight excluding hydrogens is 485 g/mol. The van der Waals surface area contributed by atoms with E-state index in [-0.39, 0.29) is 17.9 Å². The third kappa shape index (κ3) is 4.62. The first-order valence-electron chi connectivity index (χ1n) is 10.8. The molecular formula is C25H22FN5O2S2. The van der Waals surface area contributed by atoms with Crippen molar-refractivity contribution in [1.82, 2.24) is 14.9 Å². The number of thiocarbonyl (C=S) groups is 1. The standard InChI is InChI=1S/C25H22FN5O2S2/c1-35(32,33)29-17-11-13-18(14-12-17)31-24(23(28-25(31)34)20-8-4-5-15-27-20)22-10-6-16-30(22)21-9-3-2-7-19(21)26/h2-16,23-24,29H,1H3,(H,28,34)/t23-,24-/m0/s1. The zero-order valence-electron chi connectivity index (χ0n) is 18.7. The maximum Gasteiger partial charge on any atom is 0.229 e. The fraction of sp³-hybridized carbons (Fsp3) is 0.120. The van der Waals surface area contributed by atoms with Crippen molar-refractivity contribution in [3.63, 3.8) is 0 Å². The van der Waals surface area contributed by atoms with E-state index in [1.807, 2.05) is 46.0 Å². The predicted octanol–water partition coefficient (Wildman–Crippen LogP) is 4.56. The van der Waals surface area contributed by atoms with Gasteiger partial charge in [-0.15, -0.1) is 0 Å². The van der Waals surface area contributed by atoms with Crippen LogP contribution in [-0.4, -0.2) is 29.3 Å². The average molecular weight is 508 g/mol. The van der Waals surface area contributed by atoms with Crippen molar-refractivity contribution >= 4 is 38.7 Å². The van der Waals surface area contributed by atoms with E-state index in [4.69, 9.17) is 12.2 Å². The summed E-state index contributed by atoms with van der Waals surface area (Å²) in [7, 11) is -3.40. The summed E-state index contributed by atoms with van der Waals surface area (Å²) in [4.78, 5) is 6.50. The molecule has 2 aromatic carbocycles. The maximum absolute atomic E-state index is 14.8. The Morgan fingerprint density at radius 2 is 1.74 bits per heavy atom. The highest BCUT2D eigenvalue weighted by atomic mass is 32.2.